The van der Waals surface area contributed by atoms with Crippen molar-refractivity contribution in [2.45, 2.75) is 32.7 Å². The molecule has 1 saturated heterocycles. The minimum atomic E-state index is 0.00112. The van der Waals surface area contributed by atoms with Crippen molar-refractivity contribution in [2.75, 3.05) is 26.7 Å². The lowest BCUT2D eigenvalue weighted by molar-refractivity contribution is -0.132. The topological polar surface area (TPSA) is 41.6 Å². The fourth-order valence-electron chi connectivity index (χ4n) is 2.59. The smallest absolute Gasteiger partial charge is 0.239 e. The molecule has 20 heavy (non-hydrogen) atoms. The van der Waals surface area contributed by atoms with Gasteiger partial charge in [-0.1, -0.05) is 6.07 Å². The van der Waals surface area contributed by atoms with Crippen LogP contribution in [0.4, 0.5) is 0 Å². The van der Waals surface area contributed by atoms with Crippen molar-refractivity contribution in [3.8, 4) is 5.75 Å². The lowest BCUT2D eigenvalue weighted by Crippen LogP contribution is -2.43. The monoisotopic (exact) mass is 276 g/mol. The lowest BCUT2D eigenvalue weighted by Gasteiger charge is -2.21. The molecular weight excluding hydrogens is 252 g/mol. The molecule has 1 aromatic rings. The number of hydrogen-bond acceptors (Lipinski definition) is 3. The van der Waals surface area contributed by atoms with E-state index in [1.54, 1.807) is 4.90 Å². The lowest BCUT2D eigenvalue weighted by atomic mass is 10.1. The van der Waals surface area contributed by atoms with Crippen molar-refractivity contribution >= 4 is 5.91 Å². The zero-order chi connectivity index (χ0) is 14.5. The quantitative estimate of drug-likeness (QED) is 0.893. The summed E-state index contributed by atoms with van der Waals surface area (Å²) in [4.78, 5) is 13.9. The average Bonchev–Trinajstić information content (AvgIpc) is 2.90. The van der Waals surface area contributed by atoms with Gasteiger partial charge in [-0.05, 0) is 56.5 Å². The van der Waals surface area contributed by atoms with Crippen molar-refractivity contribution < 1.29 is 9.53 Å². The van der Waals surface area contributed by atoms with E-state index in [-0.39, 0.29) is 11.9 Å². The van der Waals surface area contributed by atoms with Gasteiger partial charge in [0.15, 0.2) is 0 Å². The Morgan fingerprint density at radius 3 is 2.65 bits per heavy atom. The molecule has 0 radical (unpaired) electrons. The molecule has 1 aliphatic heterocycles. The second-order valence-corrected chi connectivity index (χ2v) is 5.58. The van der Waals surface area contributed by atoms with E-state index < -0.39 is 0 Å². The number of ether oxygens (including phenoxy) is 1. The normalized spacial score (nSPS) is 18.1. The van der Waals surface area contributed by atoms with Gasteiger partial charge in [0, 0.05) is 7.05 Å². The van der Waals surface area contributed by atoms with Gasteiger partial charge in [-0.3, -0.25) is 4.79 Å². The minimum absolute atomic E-state index is 0.00112. The Morgan fingerprint density at radius 1 is 1.35 bits per heavy atom. The predicted molar refractivity (Wildman–Crippen MR) is 80.1 cm³/mol. The van der Waals surface area contributed by atoms with Gasteiger partial charge < -0.3 is 15.0 Å². The summed E-state index contributed by atoms with van der Waals surface area (Å²) in [5, 5.41) is 3.23. The molecule has 0 saturated carbocycles. The second-order valence-electron chi connectivity index (χ2n) is 5.58. The van der Waals surface area contributed by atoms with Crippen molar-refractivity contribution in [3.05, 3.63) is 29.3 Å². The molecule has 4 heteroatoms. The minimum Gasteiger partial charge on any atom is -0.492 e. The summed E-state index contributed by atoms with van der Waals surface area (Å²) in [5.41, 5.74) is 2.39. The number of likely N-dealkylation sites (N-methyl/N-ethyl adjacent to an activating group) is 1. The summed E-state index contributed by atoms with van der Waals surface area (Å²) in [7, 11) is 1.84. The molecule has 0 aliphatic carbocycles. The van der Waals surface area contributed by atoms with E-state index >= 15 is 0 Å². The summed E-state index contributed by atoms with van der Waals surface area (Å²) < 4.78 is 5.74. The van der Waals surface area contributed by atoms with Crippen LogP contribution < -0.4 is 10.1 Å². The zero-order valence-corrected chi connectivity index (χ0v) is 12.6. The molecule has 0 bridgehead atoms. The number of rotatable bonds is 5. The average molecular weight is 276 g/mol. The van der Waals surface area contributed by atoms with Gasteiger partial charge in [0.1, 0.15) is 12.4 Å². The van der Waals surface area contributed by atoms with Gasteiger partial charge in [0.05, 0.1) is 12.6 Å². The summed E-state index contributed by atoms with van der Waals surface area (Å²) in [6, 6.07) is 6.16. The number of carbonyl (C=O) groups excluding carboxylic acids is 1. The molecular formula is C16H24N2O2. The van der Waals surface area contributed by atoms with Gasteiger partial charge >= 0.3 is 0 Å². The van der Waals surface area contributed by atoms with Crippen LogP contribution in [0.15, 0.2) is 18.2 Å². The second kappa shape index (κ2) is 6.75. The van der Waals surface area contributed by atoms with Crippen LogP contribution in [0.3, 0.4) is 0 Å². The fraction of sp³-hybridized carbons (Fsp3) is 0.562. The number of nitrogens with zero attached hydrogens (tertiary/aromatic N) is 1. The molecule has 110 valence electrons. The fourth-order valence-corrected chi connectivity index (χ4v) is 2.59. The van der Waals surface area contributed by atoms with E-state index in [1.165, 1.54) is 11.1 Å². The van der Waals surface area contributed by atoms with E-state index in [4.69, 9.17) is 4.74 Å². The maximum atomic E-state index is 12.1. The van der Waals surface area contributed by atoms with Crippen LogP contribution in [0, 0.1) is 13.8 Å². The van der Waals surface area contributed by atoms with Gasteiger partial charge in [-0.15, -0.1) is 0 Å². The van der Waals surface area contributed by atoms with E-state index in [0.717, 1.165) is 25.1 Å². The summed E-state index contributed by atoms with van der Waals surface area (Å²) in [5.74, 6) is 1.05. The zero-order valence-electron chi connectivity index (χ0n) is 12.6. The molecule has 4 nitrogen and oxygen atoms in total. The van der Waals surface area contributed by atoms with E-state index in [2.05, 4.69) is 25.2 Å². The Balaban J connectivity index is 1.78. The SMILES string of the molecule is Cc1cc(C)cc(OCCN(C)C(=O)[C@H]2CCCN2)c1. The van der Waals surface area contributed by atoms with Gasteiger partial charge in [0.25, 0.3) is 0 Å². The highest BCUT2D eigenvalue weighted by atomic mass is 16.5. The standard InChI is InChI=1S/C16H24N2O2/c1-12-9-13(2)11-14(10-12)20-8-7-18(3)16(19)15-5-4-6-17-15/h9-11,15,17H,4-8H2,1-3H3/t15-/m1/s1. The first kappa shape index (κ1) is 14.9. The van der Waals surface area contributed by atoms with Gasteiger partial charge in [0.2, 0.25) is 5.91 Å². The summed E-state index contributed by atoms with van der Waals surface area (Å²) in [6.45, 7) is 6.20. The third-order valence-electron chi connectivity index (χ3n) is 3.63. The Morgan fingerprint density at radius 2 is 2.05 bits per heavy atom. The number of aryl methyl sites for hydroxylation is 2. The number of nitrogens with one attached hydrogen (secondary N) is 1. The number of carbonyl (C=O) groups is 1. The van der Waals surface area contributed by atoms with Crippen molar-refractivity contribution in [1.82, 2.24) is 10.2 Å². The van der Waals surface area contributed by atoms with Crippen molar-refractivity contribution in [1.29, 1.82) is 0 Å². The van der Waals surface area contributed by atoms with Crippen LogP contribution in [-0.2, 0) is 4.79 Å². The maximum Gasteiger partial charge on any atom is 0.239 e. The third kappa shape index (κ3) is 3.97. The number of benzene rings is 1. The van der Waals surface area contributed by atoms with E-state index in [1.807, 2.05) is 19.2 Å². The Bertz CT molecular complexity index is 447. The number of amides is 1. The predicted octanol–water partition coefficient (Wildman–Crippen LogP) is 1.89. The highest BCUT2D eigenvalue weighted by molar-refractivity contribution is 5.81. The summed E-state index contributed by atoms with van der Waals surface area (Å²) >= 11 is 0. The maximum absolute atomic E-state index is 12.1. The first-order valence-electron chi connectivity index (χ1n) is 7.26. The molecule has 0 aromatic heterocycles. The van der Waals surface area contributed by atoms with Crippen LogP contribution in [0.5, 0.6) is 5.75 Å². The largest absolute Gasteiger partial charge is 0.492 e. The highest BCUT2D eigenvalue weighted by Crippen LogP contribution is 2.16. The molecule has 1 fully saturated rings. The van der Waals surface area contributed by atoms with Crippen molar-refractivity contribution in [3.63, 3.8) is 0 Å². The first-order valence-corrected chi connectivity index (χ1v) is 7.26. The molecule has 1 N–H and O–H groups in total. The van der Waals surface area contributed by atoms with Crippen LogP contribution in [0.1, 0.15) is 24.0 Å². The highest BCUT2D eigenvalue weighted by Gasteiger charge is 2.24. The molecule has 1 aliphatic rings. The van der Waals surface area contributed by atoms with Crippen LogP contribution >= 0.6 is 0 Å². The summed E-state index contributed by atoms with van der Waals surface area (Å²) in [6.07, 6.45) is 2.03. The van der Waals surface area contributed by atoms with E-state index in [0.29, 0.717) is 13.2 Å². The number of hydrogen-bond donors (Lipinski definition) is 1. The van der Waals surface area contributed by atoms with Crippen LogP contribution in [0.25, 0.3) is 0 Å². The molecule has 1 aromatic carbocycles. The Hall–Kier alpha value is -1.55. The third-order valence-corrected chi connectivity index (χ3v) is 3.63. The molecule has 2 rings (SSSR count). The molecule has 1 heterocycles. The first-order chi connectivity index (χ1) is 9.56. The molecule has 1 atom stereocenters. The van der Waals surface area contributed by atoms with Crippen LogP contribution in [0.2, 0.25) is 0 Å². The molecule has 0 spiro atoms. The van der Waals surface area contributed by atoms with Gasteiger partial charge in [-0.2, -0.15) is 0 Å². The Labute approximate surface area is 121 Å². The molecule has 0 unspecified atom stereocenters. The van der Waals surface area contributed by atoms with Gasteiger partial charge in [-0.25, -0.2) is 0 Å². The van der Waals surface area contributed by atoms with E-state index in [9.17, 15) is 4.79 Å². The molecule has 1 amide bonds. The van der Waals surface area contributed by atoms with Crippen molar-refractivity contribution in [2.24, 2.45) is 0 Å². The Kier molecular flexibility index (Phi) is 5.01. The van der Waals surface area contributed by atoms with Crippen LogP contribution in [-0.4, -0.2) is 43.6 Å².